The maximum Gasteiger partial charge on any atom is 0.161 e. The number of aryl methyl sites for hydroxylation is 2. The molecule has 1 aromatic heterocycles. The normalized spacial score (nSPS) is 13.7. The van der Waals surface area contributed by atoms with Gasteiger partial charge in [-0.2, -0.15) is 0 Å². The number of aromatic nitrogens is 2. The Hall–Kier alpha value is -2.50. The van der Waals surface area contributed by atoms with E-state index in [0.29, 0.717) is 5.15 Å². The first kappa shape index (κ1) is 25.6. The average molecular weight is 496 g/mol. The number of halogens is 1. The smallest absolute Gasteiger partial charge is 0.161 e. The molecule has 2 heterocycles. The first-order valence-corrected chi connectivity index (χ1v) is 13.2. The zero-order valence-electron chi connectivity index (χ0n) is 21.8. The highest BCUT2D eigenvalue weighted by Gasteiger charge is 2.25. The Balaban J connectivity index is 1.70. The SMILES string of the molecule is CCCCn1c(-c2c(CC)cccc2CC)nc(Cl)c1CN1CCc2cc(OC)c(OC)cc2C1. The predicted molar refractivity (Wildman–Crippen MR) is 144 cm³/mol. The van der Waals surface area contributed by atoms with Crippen LogP contribution in [0.4, 0.5) is 0 Å². The summed E-state index contributed by atoms with van der Waals surface area (Å²) in [5, 5.41) is 0.627. The molecule has 6 heteroatoms. The van der Waals surface area contributed by atoms with Crippen molar-refractivity contribution in [1.82, 2.24) is 14.5 Å². The fourth-order valence-corrected chi connectivity index (χ4v) is 5.42. The standard InChI is InChI=1S/C29H38ClN3O2/c1-6-9-14-33-24(28(30)31-29(33)27-20(7-2)11-10-12-21(27)8-3)19-32-15-13-22-16-25(34-4)26(35-5)17-23(22)18-32/h10-12,16-17H,6-9,13-15,18-19H2,1-5H3. The molecule has 1 aliphatic heterocycles. The molecular weight excluding hydrogens is 458 g/mol. The van der Waals surface area contributed by atoms with E-state index in [9.17, 15) is 0 Å². The summed E-state index contributed by atoms with van der Waals surface area (Å²) in [5.74, 6) is 2.60. The topological polar surface area (TPSA) is 39.5 Å². The Bertz CT molecular complexity index is 1150. The molecule has 0 bridgehead atoms. The van der Waals surface area contributed by atoms with Crippen molar-refractivity contribution < 1.29 is 9.47 Å². The third kappa shape index (κ3) is 5.22. The van der Waals surface area contributed by atoms with Crippen molar-refractivity contribution in [3.8, 4) is 22.9 Å². The van der Waals surface area contributed by atoms with Crippen LogP contribution < -0.4 is 9.47 Å². The van der Waals surface area contributed by atoms with Gasteiger partial charge < -0.3 is 14.0 Å². The van der Waals surface area contributed by atoms with Crippen LogP contribution >= 0.6 is 11.6 Å². The minimum Gasteiger partial charge on any atom is -0.493 e. The largest absolute Gasteiger partial charge is 0.493 e. The molecule has 0 spiro atoms. The predicted octanol–water partition coefficient (Wildman–Crippen LogP) is 6.70. The van der Waals surface area contributed by atoms with E-state index < -0.39 is 0 Å². The van der Waals surface area contributed by atoms with Crippen LogP contribution in [0, 0.1) is 0 Å². The first-order chi connectivity index (χ1) is 17.0. The lowest BCUT2D eigenvalue weighted by molar-refractivity contribution is 0.238. The van der Waals surface area contributed by atoms with Crippen molar-refractivity contribution in [3.05, 3.63) is 63.4 Å². The molecule has 0 atom stereocenters. The highest BCUT2D eigenvalue weighted by Crippen LogP contribution is 2.36. The lowest BCUT2D eigenvalue weighted by Gasteiger charge is -2.30. The summed E-state index contributed by atoms with van der Waals surface area (Å²) in [6.07, 6.45) is 5.16. The number of hydrogen-bond donors (Lipinski definition) is 0. The van der Waals surface area contributed by atoms with Crippen LogP contribution in [0.25, 0.3) is 11.4 Å². The van der Waals surface area contributed by atoms with Crippen molar-refractivity contribution in [2.45, 2.75) is 72.5 Å². The van der Waals surface area contributed by atoms with E-state index in [4.69, 9.17) is 26.1 Å². The van der Waals surface area contributed by atoms with Crippen molar-refractivity contribution in [2.24, 2.45) is 0 Å². The second-order valence-corrected chi connectivity index (χ2v) is 9.63. The van der Waals surface area contributed by atoms with E-state index >= 15 is 0 Å². The van der Waals surface area contributed by atoms with Gasteiger partial charge in [0.15, 0.2) is 16.7 Å². The average Bonchev–Trinajstić information content (AvgIpc) is 3.19. The Kier molecular flexibility index (Phi) is 8.40. The van der Waals surface area contributed by atoms with E-state index in [1.165, 1.54) is 27.8 Å². The molecule has 1 aliphatic rings. The minimum atomic E-state index is 0.627. The lowest BCUT2D eigenvalue weighted by atomic mass is 9.97. The summed E-state index contributed by atoms with van der Waals surface area (Å²) in [7, 11) is 3.38. The minimum absolute atomic E-state index is 0.627. The summed E-state index contributed by atoms with van der Waals surface area (Å²) in [6, 6.07) is 10.9. The van der Waals surface area contributed by atoms with Crippen molar-refractivity contribution in [3.63, 3.8) is 0 Å². The Morgan fingerprint density at radius 2 is 1.63 bits per heavy atom. The number of rotatable bonds is 10. The highest BCUT2D eigenvalue weighted by atomic mass is 35.5. The molecule has 4 rings (SSSR count). The third-order valence-electron chi connectivity index (χ3n) is 7.15. The molecule has 0 unspecified atom stereocenters. The van der Waals surface area contributed by atoms with Crippen LogP contribution in [0.2, 0.25) is 5.15 Å². The number of unbranched alkanes of at least 4 members (excludes halogenated alkanes) is 1. The summed E-state index contributed by atoms with van der Waals surface area (Å²) in [4.78, 5) is 7.44. The van der Waals surface area contributed by atoms with Gasteiger partial charge in [-0.3, -0.25) is 4.90 Å². The summed E-state index contributed by atoms with van der Waals surface area (Å²) >= 11 is 6.88. The Morgan fingerprint density at radius 3 is 2.23 bits per heavy atom. The molecule has 2 aromatic carbocycles. The maximum absolute atomic E-state index is 6.88. The summed E-state index contributed by atoms with van der Waals surface area (Å²) < 4.78 is 13.5. The van der Waals surface area contributed by atoms with Gasteiger partial charge >= 0.3 is 0 Å². The van der Waals surface area contributed by atoms with Gasteiger partial charge in [-0.15, -0.1) is 0 Å². The number of ether oxygens (including phenoxy) is 2. The molecule has 5 nitrogen and oxygen atoms in total. The van der Waals surface area contributed by atoms with E-state index in [1.807, 2.05) is 0 Å². The van der Waals surface area contributed by atoms with Gasteiger partial charge in [0.25, 0.3) is 0 Å². The van der Waals surface area contributed by atoms with Gasteiger partial charge in [0.2, 0.25) is 0 Å². The first-order valence-electron chi connectivity index (χ1n) is 12.9. The Labute approximate surface area is 215 Å². The van der Waals surface area contributed by atoms with Gasteiger partial charge in [0.1, 0.15) is 5.82 Å². The number of hydrogen-bond acceptors (Lipinski definition) is 4. The Morgan fingerprint density at radius 1 is 0.971 bits per heavy atom. The van der Waals surface area contributed by atoms with Gasteiger partial charge in [-0.1, -0.05) is 57.0 Å². The van der Waals surface area contributed by atoms with E-state index in [0.717, 1.165) is 81.3 Å². The van der Waals surface area contributed by atoms with Gasteiger partial charge in [0.05, 0.1) is 19.9 Å². The zero-order chi connectivity index (χ0) is 24.9. The van der Waals surface area contributed by atoms with Crippen molar-refractivity contribution in [1.29, 1.82) is 0 Å². The number of nitrogens with zero attached hydrogens (tertiary/aromatic N) is 3. The highest BCUT2D eigenvalue weighted by molar-refractivity contribution is 6.30. The van der Waals surface area contributed by atoms with E-state index in [2.05, 4.69) is 60.6 Å². The quantitative estimate of drug-likeness (QED) is 0.313. The number of benzene rings is 2. The second kappa shape index (κ2) is 11.5. The third-order valence-corrected chi connectivity index (χ3v) is 7.45. The monoisotopic (exact) mass is 495 g/mol. The fraction of sp³-hybridized carbons (Fsp3) is 0.483. The fourth-order valence-electron chi connectivity index (χ4n) is 5.17. The van der Waals surface area contributed by atoms with Crippen LogP contribution in [-0.2, 0) is 38.9 Å². The summed E-state index contributed by atoms with van der Waals surface area (Å²) in [6.45, 7) is 10.2. The molecule has 188 valence electrons. The molecule has 35 heavy (non-hydrogen) atoms. The molecule has 3 aromatic rings. The van der Waals surface area contributed by atoms with Crippen LogP contribution in [0.3, 0.4) is 0 Å². The molecular formula is C29H38ClN3O2. The van der Waals surface area contributed by atoms with Crippen LogP contribution in [0.5, 0.6) is 11.5 Å². The number of fused-ring (bicyclic) bond motifs is 1. The molecule has 0 N–H and O–H groups in total. The molecule has 0 fully saturated rings. The van der Waals surface area contributed by atoms with E-state index in [-0.39, 0.29) is 0 Å². The van der Waals surface area contributed by atoms with Crippen LogP contribution in [-0.4, -0.2) is 35.2 Å². The van der Waals surface area contributed by atoms with Gasteiger partial charge in [-0.25, -0.2) is 4.98 Å². The van der Waals surface area contributed by atoms with Gasteiger partial charge in [-0.05, 0) is 60.1 Å². The van der Waals surface area contributed by atoms with Gasteiger partial charge in [0, 0.05) is 31.7 Å². The maximum atomic E-state index is 6.88. The van der Waals surface area contributed by atoms with E-state index in [1.54, 1.807) is 14.2 Å². The molecule has 0 aliphatic carbocycles. The summed E-state index contributed by atoms with van der Waals surface area (Å²) in [5.41, 5.74) is 7.67. The molecule has 0 saturated heterocycles. The van der Waals surface area contributed by atoms with Crippen molar-refractivity contribution in [2.75, 3.05) is 20.8 Å². The number of methoxy groups -OCH3 is 2. The number of imidazole rings is 1. The second-order valence-electron chi connectivity index (χ2n) is 9.27. The zero-order valence-corrected chi connectivity index (χ0v) is 22.5. The molecule has 0 radical (unpaired) electrons. The lowest BCUT2D eigenvalue weighted by Crippen LogP contribution is -2.31. The molecule has 0 amide bonds. The van der Waals surface area contributed by atoms with Crippen molar-refractivity contribution >= 4 is 11.6 Å². The van der Waals surface area contributed by atoms with Crippen LogP contribution in [0.1, 0.15) is 61.6 Å². The van der Waals surface area contributed by atoms with Crippen LogP contribution in [0.15, 0.2) is 30.3 Å². The molecule has 0 saturated carbocycles.